The van der Waals surface area contributed by atoms with E-state index in [9.17, 15) is 9.18 Å². The van der Waals surface area contributed by atoms with Gasteiger partial charge in [0.15, 0.2) is 0 Å². The molecule has 2 aromatic rings. The van der Waals surface area contributed by atoms with Crippen molar-refractivity contribution in [3.63, 3.8) is 0 Å². The lowest BCUT2D eigenvalue weighted by Crippen LogP contribution is -2.16. The normalized spacial score (nSPS) is 13.1. The summed E-state index contributed by atoms with van der Waals surface area (Å²) in [4.78, 5) is 16.2. The third kappa shape index (κ3) is 2.64. The van der Waals surface area contributed by atoms with Gasteiger partial charge in [0.05, 0.1) is 5.69 Å². The topological polar surface area (TPSA) is 56.0 Å². The minimum atomic E-state index is -0.592. The molecule has 1 aliphatic rings. The lowest BCUT2D eigenvalue weighted by molar-refractivity contribution is 0.0999. The quantitative estimate of drug-likeness (QED) is 0.928. The van der Waals surface area contributed by atoms with E-state index < -0.39 is 11.7 Å². The van der Waals surface area contributed by atoms with Gasteiger partial charge < -0.3 is 5.73 Å². The van der Waals surface area contributed by atoms with E-state index in [1.807, 2.05) is 32.0 Å². The van der Waals surface area contributed by atoms with E-state index in [1.165, 1.54) is 6.07 Å². The number of hydrogen-bond acceptors (Lipinski definition) is 2. The fraction of sp³-hybridized carbons (Fsp3) is 0.200. The molecule has 0 aliphatic heterocycles. The molecule has 122 valence electrons. The number of rotatable bonds is 4. The van der Waals surface area contributed by atoms with Gasteiger partial charge in [0.25, 0.3) is 0 Å². The second-order valence-corrected chi connectivity index (χ2v) is 6.12. The Labute approximate surface area is 140 Å². The van der Waals surface area contributed by atoms with Crippen LogP contribution in [0.5, 0.6) is 0 Å². The number of amides is 1. The average molecular weight is 322 g/mol. The van der Waals surface area contributed by atoms with E-state index in [0.717, 1.165) is 33.7 Å². The van der Waals surface area contributed by atoms with Crippen LogP contribution in [0.2, 0.25) is 0 Å². The molecule has 24 heavy (non-hydrogen) atoms. The van der Waals surface area contributed by atoms with Crippen LogP contribution in [-0.4, -0.2) is 10.9 Å². The van der Waals surface area contributed by atoms with Crippen molar-refractivity contribution in [1.82, 2.24) is 4.98 Å². The molecular formula is C20H19FN2O. The maximum Gasteiger partial charge on any atom is 0.249 e. The second-order valence-electron chi connectivity index (χ2n) is 6.12. The van der Waals surface area contributed by atoms with Crippen molar-refractivity contribution < 1.29 is 9.18 Å². The van der Waals surface area contributed by atoms with Gasteiger partial charge >= 0.3 is 0 Å². The molecule has 0 bridgehead atoms. The number of allylic oxidation sites excluding steroid dienone is 2. The monoisotopic (exact) mass is 322 g/mol. The number of benzene rings is 1. The molecule has 0 spiro atoms. The molecule has 1 heterocycles. The standard InChI is InChI=1S/C20H19FN2O/c1-4-13-6-5-7-14(23-13)9-17-18(21)10-16(20(22)24)15-8-11(2)12(3)19(15)17/h4-7,10H,1,8-9H2,2-3H3,(H2,22,24). The summed E-state index contributed by atoms with van der Waals surface area (Å²) in [6.45, 7) is 7.67. The SMILES string of the molecule is C=Cc1cccc(Cc2c(F)cc(C(N)=O)c3c2C(C)=C(C)C3)n1. The summed E-state index contributed by atoms with van der Waals surface area (Å²) in [5.74, 6) is -1.01. The van der Waals surface area contributed by atoms with Crippen LogP contribution >= 0.6 is 0 Å². The van der Waals surface area contributed by atoms with Gasteiger partial charge in [-0.1, -0.05) is 18.2 Å². The summed E-state index contributed by atoms with van der Waals surface area (Å²) in [5, 5.41) is 0. The zero-order valence-electron chi connectivity index (χ0n) is 13.8. The zero-order valence-corrected chi connectivity index (χ0v) is 13.8. The van der Waals surface area contributed by atoms with Crippen molar-refractivity contribution >= 4 is 17.6 Å². The molecule has 4 heteroatoms. The average Bonchev–Trinajstić information content (AvgIpc) is 2.85. The number of hydrogen-bond donors (Lipinski definition) is 1. The molecule has 1 aromatic heterocycles. The zero-order chi connectivity index (χ0) is 17.4. The molecule has 0 radical (unpaired) electrons. The molecular weight excluding hydrogens is 303 g/mol. The fourth-order valence-electron chi connectivity index (χ4n) is 3.27. The number of nitrogens with two attached hydrogens (primary N) is 1. The number of aromatic nitrogens is 1. The first-order valence-corrected chi connectivity index (χ1v) is 7.81. The molecule has 0 saturated heterocycles. The van der Waals surface area contributed by atoms with Gasteiger partial charge in [-0.05, 0) is 61.2 Å². The summed E-state index contributed by atoms with van der Waals surface area (Å²) in [6.07, 6.45) is 2.65. The number of carbonyl (C=O) groups excluding carboxylic acids is 1. The first-order chi connectivity index (χ1) is 11.4. The maximum absolute atomic E-state index is 14.8. The molecule has 0 unspecified atom stereocenters. The van der Waals surface area contributed by atoms with Crippen molar-refractivity contribution in [3.8, 4) is 0 Å². The largest absolute Gasteiger partial charge is 0.366 e. The number of halogens is 1. The van der Waals surface area contributed by atoms with Crippen LogP contribution in [-0.2, 0) is 12.8 Å². The molecule has 1 amide bonds. The summed E-state index contributed by atoms with van der Waals surface area (Å²) >= 11 is 0. The number of fused-ring (bicyclic) bond motifs is 1. The Morgan fingerprint density at radius 1 is 1.42 bits per heavy atom. The molecule has 1 aromatic carbocycles. The van der Waals surface area contributed by atoms with Gasteiger partial charge in [0, 0.05) is 23.2 Å². The number of primary amides is 1. The van der Waals surface area contributed by atoms with Gasteiger partial charge in [-0.25, -0.2) is 4.39 Å². The van der Waals surface area contributed by atoms with E-state index in [4.69, 9.17) is 5.73 Å². The summed E-state index contributed by atoms with van der Waals surface area (Å²) < 4.78 is 14.8. The smallest absolute Gasteiger partial charge is 0.249 e. The van der Waals surface area contributed by atoms with Crippen LogP contribution in [0.25, 0.3) is 11.6 Å². The fourth-order valence-corrected chi connectivity index (χ4v) is 3.27. The van der Waals surface area contributed by atoms with Crippen LogP contribution < -0.4 is 5.73 Å². The Bertz CT molecular complexity index is 897. The number of carbonyl (C=O) groups is 1. The molecule has 0 atom stereocenters. The number of pyridine rings is 1. The van der Waals surface area contributed by atoms with Crippen molar-refractivity contribution in [1.29, 1.82) is 0 Å². The predicted octanol–water partition coefficient (Wildman–Crippen LogP) is 3.90. The summed E-state index contributed by atoms with van der Waals surface area (Å²) in [5.41, 5.74) is 11.6. The van der Waals surface area contributed by atoms with E-state index in [2.05, 4.69) is 11.6 Å². The molecule has 3 rings (SSSR count). The minimum absolute atomic E-state index is 0.273. The number of nitrogens with zero attached hydrogens (tertiary/aromatic N) is 1. The second kappa shape index (κ2) is 6.04. The van der Waals surface area contributed by atoms with Crippen LogP contribution in [0.3, 0.4) is 0 Å². The Morgan fingerprint density at radius 2 is 2.17 bits per heavy atom. The van der Waals surface area contributed by atoms with Gasteiger partial charge in [0.2, 0.25) is 5.91 Å². The molecule has 1 aliphatic carbocycles. The lowest BCUT2D eigenvalue weighted by Gasteiger charge is -2.14. The first kappa shape index (κ1) is 16.1. The van der Waals surface area contributed by atoms with Crippen molar-refractivity contribution in [2.24, 2.45) is 5.73 Å². The maximum atomic E-state index is 14.8. The molecule has 0 fully saturated rings. The van der Waals surface area contributed by atoms with Crippen molar-refractivity contribution in [2.75, 3.05) is 0 Å². The highest BCUT2D eigenvalue weighted by atomic mass is 19.1. The molecule has 2 N–H and O–H groups in total. The third-order valence-corrected chi connectivity index (χ3v) is 4.61. The van der Waals surface area contributed by atoms with Crippen molar-refractivity contribution in [3.05, 3.63) is 75.9 Å². The van der Waals surface area contributed by atoms with E-state index in [0.29, 0.717) is 18.4 Å². The van der Waals surface area contributed by atoms with Crippen LogP contribution in [0.1, 0.15) is 52.3 Å². The van der Waals surface area contributed by atoms with Crippen LogP contribution in [0, 0.1) is 5.82 Å². The Balaban J connectivity index is 2.16. The van der Waals surface area contributed by atoms with Gasteiger partial charge in [0.1, 0.15) is 5.82 Å². The predicted molar refractivity (Wildman–Crippen MR) is 94.0 cm³/mol. The van der Waals surface area contributed by atoms with E-state index >= 15 is 0 Å². The summed E-state index contributed by atoms with van der Waals surface area (Å²) in [6, 6.07) is 6.85. The highest BCUT2D eigenvalue weighted by Gasteiger charge is 2.27. The van der Waals surface area contributed by atoms with Gasteiger partial charge in [-0.15, -0.1) is 0 Å². The highest BCUT2D eigenvalue weighted by molar-refractivity contribution is 5.97. The summed E-state index contributed by atoms with van der Waals surface area (Å²) in [7, 11) is 0. The van der Waals surface area contributed by atoms with Crippen molar-refractivity contribution in [2.45, 2.75) is 26.7 Å². The lowest BCUT2D eigenvalue weighted by atomic mass is 9.91. The Morgan fingerprint density at radius 3 is 2.83 bits per heavy atom. The van der Waals surface area contributed by atoms with Crippen LogP contribution in [0.4, 0.5) is 4.39 Å². The van der Waals surface area contributed by atoms with Gasteiger partial charge in [-0.2, -0.15) is 0 Å². The van der Waals surface area contributed by atoms with Gasteiger partial charge in [-0.3, -0.25) is 9.78 Å². The highest BCUT2D eigenvalue weighted by Crippen LogP contribution is 2.38. The molecule has 3 nitrogen and oxygen atoms in total. The van der Waals surface area contributed by atoms with E-state index in [-0.39, 0.29) is 5.56 Å². The van der Waals surface area contributed by atoms with Crippen LogP contribution in [0.15, 0.2) is 36.4 Å². The minimum Gasteiger partial charge on any atom is -0.366 e. The third-order valence-electron chi connectivity index (χ3n) is 4.61. The Kier molecular flexibility index (Phi) is 4.06. The first-order valence-electron chi connectivity index (χ1n) is 7.81. The Hall–Kier alpha value is -2.75. The van der Waals surface area contributed by atoms with E-state index in [1.54, 1.807) is 6.08 Å². The molecule has 0 saturated carbocycles.